The van der Waals surface area contributed by atoms with Gasteiger partial charge in [-0.3, -0.25) is 4.98 Å². The van der Waals surface area contributed by atoms with Gasteiger partial charge in [0.1, 0.15) is 0 Å². The second-order valence-electron chi connectivity index (χ2n) is 3.14. The van der Waals surface area contributed by atoms with Crippen molar-refractivity contribution in [3.63, 3.8) is 0 Å². The van der Waals surface area contributed by atoms with E-state index in [2.05, 4.69) is 31.0 Å². The Morgan fingerprint density at radius 1 is 1.40 bits per heavy atom. The zero-order valence-corrected chi connectivity index (χ0v) is 8.26. The minimum atomic E-state index is 0.636. The van der Waals surface area contributed by atoms with Crippen molar-refractivity contribution in [2.75, 3.05) is 6.54 Å². The van der Waals surface area contributed by atoms with Crippen LogP contribution in [0.25, 0.3) is 0 Å². The average Bonchev–Trinajstić information content (AvgIpc) is 2.79. The summed E-state index contributed by atoms with van der Waals surface area (Å²) in [6, 6.07) is 4.00. The van der Waals surface area contributed by atoms with E-state index < -0.39 is 0 Å². The first-order valence-electron chi connectivity index (χ1n) is 4.80. The lowest BCUT2D eigenvalue weighted by molar-refractivity contribution is 0.407. The summed E-state index contributed by atoms with van der Waals surface area (Å²) in [6.07, 6.45) is 5.93. The zero-order chi connectivity index (χ0) is 10.3. The second-order valence-corrected chi connectivity index (χ2v) is 3.14. The third-order valence-corrected chi connectivity index (χ3v) is 2.00. The van der Waals surface area contributed by atoms with Crippen LogP contribution in [-0.4, -0.2) is 21.7 Å². The predicted molar refractivity (Wildman–Crippen MR) is 53.9 cm³/mol. The smallest absolute Gasteiger partial charge is 0.213 e. The molecule has 2 aromatic heterocycles. The summed E-state index contributed by atoms with van der Waals surface area (Å²) in [5, 5.41) is 6.92. The highest BCUT2D eigenvalue weighted by Gasteiger charge is 1.97. The minimum absolute atomic E-state index is 0.636. The third-order valence-electron chi connectivity index (χ3n) is 2.00. The molecule has 5 nitrogen and oxygen atoms in total. The Morgan fingerprint density at radius 3 is 3.13 bits per heavy atom. The second kappa shape index (κ2) is 5.21. The van der Waals surface area contributed by atoms with Crippen LogP contribution in [0.5, 0.6) is 0 Å². The molecule has 2 heterocycles. The van der Waals surface area contributed by atoms with E-state index in [9.17, 15) is 0 Å². The molecule has 0 saturated carbocycles. The Hall–Kier alpha value is -1.75. The number of hydrogen-bond donors (Lipinski definition) is 1. The highest BCUT2D eigenvalue weighted by molar-refractivity contribution is 5.08. The van der Waals surface area contributed by atoms with E-state index >= 15 is 0 Å². The minimum Gasteiger partial charge on any atom is -0.343 e. The molecule has 0 aliphatic heterocycles. The van der Waals surface area contributed by atoms with Crippen LogP contribution in [0.1, 0.15) is 11.4 Å². The summed E-state index contributed by atoms with van der Waals surface area (Å²) < 4.78 is 4.62. The molecule has 0 unspecified atom stereocenters. The van der Waals surface area contributed by atoms with E-state index in [0.717, 1.165) is 13.0 Å². The molecule has 0 radical (unpaired) electrons. The quantitative estimate of drug-likeness (QED) is 0.730. The molecule has 15 heavy (non-hydrogen) atoms. The molecule has 0 amide bonds. The van der Waals surface area contributed by atoms with Gasteiger partial charge in [-0.05, 0) is 24.6 Å². The highest BCUT2D eigenvalue weighted by atomic mass is 16.5. The molecule has 0 atom stereocenters. The number of aromatic nitrogens is 3. The summed E-state index contributed by atoms with van der Waals surface area (Å²) in [7, 11) is 0. The van der Waals surface area contributed by atoms with Gasteiger partial charge in [-0.1, -0.05) is 11.2 Å². The van der Waals surface area contributed by atoms with E-state index in [1.807, 2.05) is 12.3 Å². The van der Waals surface area contributed by atoms with Crippen LogP contribution in [0.2, 0.25) is 0 Å². The van der Waals surface area contributed by atoms with Crippen molar-refractivity contribution in [3.8, 4) is 0 Å². The van der Waals surface area contributed by atoms with Crippen LogP contribution >= 0.6 is 0 Å². The number of rotatable bonds is 5. The van der Waals surface area contributed by atoms with Gasteiger partial charge < -0.3 is 9.84 Å². The molecule has 1 N–H and O–H groups in total. The van der Waals surface area contributed by atoms with Gasteiger partial charge >= 0.3 is 0 Å². The molecule has 0 aromatic carbocycles. The molecule has 2 rings (SSSR count). The standard InChI is InChI=1S/C10H12N4O/c1-2-9(6-11-4-1)3-5-12-7-10-13-8-15-14-10/h1-2,4,6,8,12H,3,5,7H2. The molecule has 78 valence electrons. The Morgan fingerprint density at radius 2 is 2.40 bits per heavy atom. The number of nitrogens with one attached hydrogen (secondary N) is 1. The van der Waals surface area contributed by atoms with Crippen LogP contribution in [0.4, 0.5) is 0 Å². The van der Waals surface area contributed by atoms with Gasteiger partial charge in [0.15, 0.2) is 5.82 Å². The van der Waals surface area contributed by atoms with Gasteiger partial charge in [0.25, 0.3) is 0 Å². The predicted octanol–water partition coefficient (Wildman–Crippen LogP) is 0.797. The summed E-state index contributed by atoms with van der Waals surface area (Å²) in [4.78, 5) is 7.95. The maximum atomic E-state index is 4.62. The number of hydrogen-bond acceptors (Lipinski definition) is 5. The van der Waals surface area contributed by atoms with E-state index in [1.54, 1.807) is 6.20 Å². The highest BCUT2D eigenvalue weighted by Crippen LogP contribution is 1.95. The van der Waals surface area contributed by atoms with Crippen LogP contribution in [-0.2, 0) is 13.0 Å². The molecule has 0 spiro atoms. The lowest BCUT2D eigenvalue weighted by Crippen LogP contribution is -2.17. The zero-order valence-electron chi connectivity index (χ0n) is 8.26. The first-order valence-corrected chi connectivity index (χ1v) is 4.80. The van der Waals surface area contributed by atoms with E-state index in [0.29, 0.717) is 12.4 Å². The fourth-order valence-corrected chi connectivity index (χ4v) is 1.25. The van der Waals surface area contributed by atoms with Gasteiger partial charge in [-0.25, -0.2) is 0 Å². The van der Waals surface area contributed by atoms with Crippen molar-refractivity contribution < 1.29 is 4.52 Å². The molecular formula is C10H12N4O. The van der Waals surface area contributed by atoms with Crippen molar-refractivity contribution in [2.24, 2.45) is 0 Å². The molecule has 5 heteroatoms. The van der Waals surface area contributed by atoms with Crippen LogP contribution in [0.15, 0.2) is 35.4 Å². The molecule has 2 aromatic rings. The Bertz CT molecular complexity index is 374. The van der Waals surface area contributed by atoms with E-state index in [-0.39, 0.29) is 0 Å². The molecule has 0 fully saturated rings. The normalized spacial score (nSPS) is 10.4. The number of pyridine rings is 1. The van der Waals surface area contributed by atoms with Gasteiger partial charge in [0.2, 0.25) is 6.39 Å². The summed E-state index contributed by atoms with van der Waals surface area (Å²) in [5.41, 5.74) is 1.22. The van der Waals surface area contributed by atoms with Crippen LogP contribution in [0.3, 0.4) is 0 Å². The molecule has 0 aliphatic carbocycles. The van der Waals surface area contributed by atoms with Gasteiger partial charge in [0.05, 0.1) is 6.54 Å². The van der Waals surface area contributed by atoms with Crippen molar-refractivity contribution in [2.45, 2.75) is 13.0 Å². The van der Waals surface area contributed by atoms with Crippen molar-refractivity contribution in [3.05, 3.63) is 42.3 Å². The first-order chi connectivity index (χ1) is 7.45. The third kappa shape index (κ3) is 3.14. The summed E-state index contributed by atoms with van der Waals surface area (Å²) in [6.45, 7) is 1.51. The maximum Gasteiger partial charge on any atom is 0.213 e. The topological polar surface area (TPSA) is 63.8 Å². The lowest BCUT2D eigenvalue weighted by Gasteiger charge is -2.01. The lowest BCUT2D eigenvalue weighted by atomic mass is 10.2. The SMILES string of the molecule is c1cncc(CCNCc2ncon2)c1. The number of nitrogens with zero attached hydrogens (tertiary/aromatic N) is 3. The molecule has 0 saturated heterocycles. The molecule has 0 bridgehead atoms. The van der Waals surface area contributed by atoms with Crippen LogP contribution in [0, 0.1) is 0 Å². The summed E-state index contributed by atoms with van der Waals surface area (Å²) in [5.74, 6) is 0.682. The van der Waals surface area contributed by atoms with Crippen LogP contribution < -0.4 is 5.32 Å². The van der Waals surface area contributed by atoms with Crippen molar-refractivity contribution in [1.82, 2.24) is 20.4 Å². The maximum absolute atomic E-state index is 4.62. The van der Waals surface area contributed by atoms with Gasteiger partial charge in [-0.15, -0.1) is 0 Å². The van der Waals surface area contributed by atoms with E-state index in [4.69, 9.17) is 0 Å². The Kier molecular flexibility index (Phi) is 3.40. The van der Waals surface area contributed by atoms with Crippen molar-refractivity contribution in [1.29, 1.82) is 0 Å². The first kappa shape index (κ1) is 9.79. The van der Waals surface area contributed by atoms with Gasteiger partial charge in [0, 0.05) is 12.4 Å². The average molecular weight is 204 g/mol. The fourth-order valence-electron chi connectivity index (χ4n) is 1.25. The largest absolute Gasteiger partial charge is 0.343 e. The fraction of sp³-hybridized carbons (Fsp3) is 0.300. The van der Waals surface area contributed by atoms with E-state index in [1.165, 1.54) is 12.0 Å². The Balaban J connectivity index is 1.68. The Labute approximate surface area is 87.5 Å². The molecular weight excluding hydrogens is 192 g/mol. The monoisotopic (exact) mass is 204 g/mol. The van der Waals surface area contributed by atoms with Crippen molar-refractivity contribution >= 4 is 0 Å². The molecule has 0 aliphatic rings. The van der Waals surface area contributed by atoms with Gasteiger partial charge in [-0.2, -0.15) is 4.98 Å². The summed E-state index contributed by atoms with van der Waals surface area (Å²) >= 11 is 0.